The molecule has 3 rings (SSSR count). The molecule has 1 heterocycles. The molecule has 0 radical (unpaired) electrons. The summed E-state index contributed by atoms with van der Waals surface area (Å²) in [6.07, 6.45) is 6.35. The number of para-hydroxylation sites is 1. The van der Waals surface area contributed by atoms with Gasteiger partial charge in [-0.3, -0.25) is 4.79 Å². The van der Waals surface area contributed by atoms with Crippen LogP contribution in [0.25, 0.3) is 0 Å². The Morgan fingerprint density at radius 2 is 1.85 bits per heavy atom. The summed E-state index contributed by atoms with van der Waals surface area (Å²) in [5.41, 5.74) is 3.25. The van der Waals surface area contributed by atoms with E-state index in [4.69, 9.17) is 4.98 Å². The minimum atomic E-state index is -0.177. The van der Waals surface area contributed by atoms with Crippen molar-refractivity contribution in [2.75, 3.05) is 11.9 Å². The zero-order valence-electron chi connectivity index (χ0n) is 16.2. The molecular weight excluding hydrogens is 342 g/mol. The second-order valence-electron chi connectivity index (χ2n) is 7.22. The van der Waals surface area contributed by atoms with E-state index >= 15 is 0 Å². The number of thioether (sulfide) groups is 1. The number of carbonyl (C=O) groups is 1. The minimum Gasteiger partial charge on any atom is -0.320 e. The molecule has 1 fully saturated rings. The van der Waals surface area contributed by atoms with Crippen LogP contribution in [0.5, 0.6) is 0 Å². The Morgan fingerprint density at radius 3 is 2.50 bits per heavy atom. The Hall–Kier alpha value is -1.75. The van der Waals surface area contributed by atoms with Crippen LogP contribution in [0.1, 0.15) is 56.5 Å². The lowest BCUT2D eigenvalue weighted by Crippen LogP contribution is -2.33. The van der Waals surface area contributed by atoms with Gasteiger partial charge in [0, 0.05) is 24.5 Å². The lowest BCUT2D eigenvalue weighted by molar-refractivity contribution is -0.117. The van der Waals surface area contributed by atoms with Crippen LogP contribution >= 0.6 is 11.8 Å². The highest BCUT2D eigenvalue weighted by atomic mass is 32.2. The van der Waals surface area contributed by atoms with Crippen LogP contribution in [-0.2, 0) is 4.79 Å². The molecule has 140 valence electrons. The zero-order valence-corrected chi connectivity index (χ0v) is 17.1. The van der Waals surface area contributed by atoms with E-state index in [0.717, 1.165) is 16.5 Å². The van der Waals surface area contributed by atoms with Crippen LogP contribution in [-0.4, -0.2) is 27.8 Å². The highest BCUT2D eigenvalue weighted by Crippen LogP contribution is 2.35. The van der Waals surface area contributed by atoms with Gasteiger partial charge in [0.15, 0.2) is 5.16 Å². The molecule has 1 aliphatic rings. The van der Waals surface area contributed by atoms with Gasteiger partial charge in [0.25, 0.3) is 0 Å². The molecule has 1 aromatic carbocycles. The number of hydrogen-bond donors (Lipinski definition) is 0. The molecule has 1 atom stereocenters. The number of imidazole rings is 1. The molecule has 1 saturated carbocycles. The van der Waals surface area contributed by atoms with Gasteiger partial charge in [-0.15, -0.1) is 0 Å². The van der Waals surface area contributed by atoms with Crippen LogP contribution in [0.2, 0.25) is 0 Å². The largest absolute Gasteiger partial charge is 0.320 e. The minimum absolute atomic E-state index is 0.106. The van der Waals surface area contributed by atoms with Crippen LogP contribution < -0.4 is 4.90 Å². The number of anilines is 1. The van der Waals surface area contributed by atoms with Crippen LogP contribution in [0.15, 0.2) is 35.5 Å². The van der Waals surface area contributed by atoms with Crippen molar-refractivity contribution >= 4 is 23.4 Å². The molecule has 0 saturated heterocycles. The number of aromatic nitrogens is 2. The fraction of sp³-hybridized carbons (Fsp3) is 0.524. The summed E-state index contributed by atoms with van der Waals surface area (Å²) >= 11 is 1.59. The van der Waals surface area contributed by atoms with E-state index < -0.39 is 0 Å². The van der Waals surface area contributed by atoms with E-state index in [9.17, 15) is 4.79 Å². The quantitative estimate of drug-likeness (QED) is 0.682. The first-order valence-electron chi connectivity index (χ1n) is 9.53. The summed E-state index contributed by atoms with van der Waals surface area (Å²) in [6.45, 7) is 6.21. The first-order valence-corrected chi connectivity index (χ1v) is 10.4. The van der Waals surface area contributed by atoms with Crippen LogP contribution in [0, 0.1) is 13.8 Å². The molecule has 1 amide bonds. The molecule has 0 aliphatic heterocycles. The number of benzene rings is 1. The maximum Gasteiger partial charge on any atom is 0.240 e. The number of aryl methyl sites for hydroxylation is 1. The summed E-state index contributed by atoms with van der Waals surface area (Å²) in [5.74, 6) is 0.106. The Bertz CT molecular complexity index is 750. The van der Waals surface area contributed by atoms with Gasteiger partial charge in [0.05, 0.1) is 10.9 Å². The second-order valence-corrected chi connectivity index (χ2v) is 8.53. The fourth-order valence-electron chi connectivity index (χ4n) is 3.71. The third-order valence-corrected chi connectivity index (χ3v) is 6.45. The summed E-state index contributed by atoms with van der Waals surface area (Å²) in [5, 5.41) is 0.818. The Morgan fingerprint density at radius 1 is 1.19 bits per heavy atom. The van der Waals surface area contributed by atoms with Gasteiger partial charge in [0.2, 0.25) is 5.91 Å². The zero-order chi connectivity index (χ0) is 18.7. The number of carbonyl (C=O) groups excluding carboxylic acids is 1. The average Bonchev–Trinajstić information content (AvgIpc) is 2.95. The Labute approximate surface area is 161 Å². The van der Waals surface area contributed by atoms with E-state index in [2.05, 4.69) is 18.4 Å². The summed E-state index contributed by atoms with van der Waals surface area (Å²) in [6, 6.07) is 10.3. The van der Waals surface area contributed by atoms with Crippen molar-refractivity contribution in [3.8, 4) is 0 Å². The number of amides is 1. The molecule has 0 spiro atoms. The van der Waals surface area contributed by atoms with Gasteiger partial charge in [-0.2, -0.15) is 0 Å². The second kappa shape index (κ2) is 8.30. The van der Waals surface area contributed by atoms with Crippen molar-refractivity contribution in [1.82, 2.24) is 9.55 Å². The molecule has 2 aromatic rings. The molecule has 0 N–H and O–H groups in total. The highest BCUT2D eigenvalue weighted by molar-refractivity contribution is 8.00. The lowest BCUT2D eigenvalue weighted by Gasteiger charge is -2.27. The van der Waals surface area contributed by atoms with Gasteiger partial charge in [-0.25, -0.2) is 4.98 Å². The first-order chi connectivity index (χ1) is 12.5. The van der Waals surface area contributed by atoms with E-state index in [-0.39, 0.29) is 11.2 Å². The maximum atomic E-state index is 12.9. The third-order valence-electron chi connectivity index (χ3n) is 5.40. The molecule has 0 bridgehead atoms. The van der Waals surface area contributed by atoms with E-state index in [0.29, 0.717) is 6.04 Å². The van der Waals surface area contributed by atoms with Gasteiger partial charge in [0.1, 0.15) is 0 Å². The summed E-state index contributed by atoms with van der Waals surface area (Å²) in [7, 11) is 1.85. The summed E-state index contributed by atoms with van der Waals surface area (Å²) < 4.78 is 2.39. The van der Waals surface area contributed by atoms with Gasteiger partial charge < -0.3 is 9.47 Å². The molecular formula is C21H29N3OS. The standard InChI is InChI=1S/C21H29N3OS/c1-15-16(2)24(19-13-9-6-10-14-19)21(22-15)26-17(3)20(25)23(4)18-11-7-5-8-12-18/h5,7-8,11-12,17,19H,6,9-10,13-14H2,1-4H3. The van der Waals surface area contributed by atoms with E-state index in [1.165, 1.54) is 37.8 Å². The fourth-order valence-corrected chi connectivity index (χ4v) is 4.87. The molecule has 5 heteroatoms. The highest BCUT2D eigenvalue weighted by Gasteiger charge is 2.26. The predicted molar refractivity (Wildman–Crippen MR) is 109 cm³/mol. The van der Waals surface area contributed by atoms with Crippen molar-refractivity contribution < 1.29 is 4.79 Å². The van der Waals surface area contributed by atoms with Crippen molar-refractivity contribution in [2.24, 2.45) is 0 Å². The number of hydrogen-bond acceptors (Lipinski definition) is 3. The number of rotatable bonds is 5. The Balaban J connectivity index is 1.77. The van der Waals surface area contributed by atoms with Crippen LogP contribution in [0.4, 0.5) is 5.69 Å². The van der Waals surface area contributed by atoms with Gasteiger partial charge in [-0.05, 0) is 45.7 Å². The Kier molecular flexibility index (Phi) is 6.07. The monoisotopic (exact) mass is 371 g/mol. The molecule has 26 heavy (non-hydrogen) atoms. The average molecular weight is 372 g/mol. The van der Waals surface area contributed by atoms with Crippen molar-refractivity contribution in [3.63, 3.8) is 0 Å². The van der Waals surface area contributed by atoms with Crippen molar-refractivity contribution in [2.45, 2.75) is 69.3 Å². The first kappa shape index (κ1) is 19.0. The SMILES string of the molecule is Cc1nc(SC(C)C(=O)N(C)c2ccccc2)n(C2CCCCC2)c1C. The maximum absolute atomic E-state index is 12.9. The van der Waals surface area contributed by atoms with Gasteiger partial charge in [-0.1, -0.05) is 49.2 Å². The smallest absolute Gasteiger partial charge is 0.240 e. The number of nitrogens with zero attached hydrogens (tertiary/aromatic N) is 3. The third kappa shape index (κ3) is 3.98. The molecule has 1 unspecified atom stereocenters. The van der Waals surface area contributed by atoms with Crippen molar-refractivity contribution in [1.29, 1.82) is 0 Å². The lowest BCUT2D eigenvalue weighted by atomic mass is 9.95. The predicted octanol–water partition coefficient (Wildman–Crippen LogP) is 5.15. The van der Waals surface area contributed by atoms with E-state index in [1.54, 1.807) is 16.7 Å². The van der Waals surface area contributed by atoms with Crippen LogP contribution in [0.3, 0.4) is 0 Å². The summed E-state index contributed by atoms with van der Waals surface area (Å²) in [4.78, 5) is 19.4. The molecule has 4 nitrogen and oxygen atoms in total. The topological polar surface area (TPSA) is 38.1 Å². The molecule has 1 aromatic heterocycles. The van der Waals surface area contributed by atoms with E-state index in [1.807, 2.05) is 44.3 Å². The van der Waals surface area contributed by atoms with Crippen molar-refractivity contribution in [3.05, 3.63) is 41.7 Å². The molecule has 1 aliphatic carbocycles. The van der Waals surface area contributed by atoms with Gasteiger partial charge >= 0.3 is 0 Å². The normalized spacial score (nSPS) is 16.5.